The fraction of sp³-hybridized carbons (Fsp3) is 0.900. The average Bonchev–Trinajstić information content (AvgIpc) is 2.33. The molecule has 0 aromatic carbocycles. The first-order valence-electron chi connectivity index (χ1n) is 5.03. The molecule has 17 heavy (non-hydrogen) atoms. The molecule has 0 heterocycles. The van der Waals surface area contributed by atoms with Crippen molar-refractivity contribution in [3.63, 3.8) is 0 Å². The van der Waals surface area contributed by atoms with Gasteiger partial charge in [-0.1, -0.05) is 0 Å². The van der Waals surface area contributed by atoms with E-state index in [1.807, 2.05) is 0 Å². The summed E-state index contributed by atoms with van der Waals surface area (Å²) in [6, 6.07) is 0. The summed E-state index contributed by atoms with van der Waals surface area (Å²) >= 11 is 0. The molecule has 0 radical (unpaired) electrons. The van der Waals surface area contributed by atoms with Crippen LogP contribution in [0, 0.1) is 10.8 Å². The number of hydrogen-bond acceptors (Lipinski definition) is 6. The topological polar surface area (TPSA) is 138 Å². The van der Waals surface area contributed by atoms with Gasteiger partial charge in [-0.2, -0.15) is 0 Å². The lowest BCUT2D eigenvalue weighted by molar-refractivity contribution is -0.148. The van der Waals surface area contributed by atoms with E-state index in [2.05, 4.69) is 0 Å². The van der Waals surface area contributed by atoms with Gasteiger partial charge >= 0.3 is 5.97 Å². The molecule has 104 valence electrons. The Morgan fingerprint density at radius 2 is 1.12 bits per heavy atom. The van der Waals surface area contributed by atoms with Gasteiger partial charge in [0.2, 0.25) is 0 Å². The fourth-order valence-electron chi connectivity index (χ4n) is 0.368. The van der Waals surface area contributed by atoms with Crippen LogP contribution in [0.4, 0.5) is 0 Å². The van der Waals surface area contributed by atoms with Crippen LogP contribution in [0.1, 0.15) is 13.8 Å². The Kier molecular flexibility index (Phi) is 9.18. The molecule has 0 aromatic rings. The molecule has 0 saturated heterocycles. The summed E-state index contributed by atoms with van der Waals surface area (Å²) in [5.41, 5.74) is -2.10. The fourth-order valence-corrected chi connectivity index (χ4v) is 0.368. The molecule has 0 saturated carbocycles. The van der Waals surface area contributed by atoms with E-state index in [9.17, 15) is 4.79 Å². The molecule has 6 N–H and O–H groups in total. The van der Waals surface area contributed by atoms with E-state index in [1.54, 1.807) is 0 Å². The van der Waals surface area contributed by atoms with Gasteiger partial charge in [-0.05, 0) is 13.8 Å². The molecule has 0 unspecified atom stereocenters. The van der Waals surface area contributed by atoms with Crippen LogP contribution in [0.3, 0.4) is 0 Å². The first kappa shape index (κ1) is 18.6. The Balaban J connectivity index is 0. The van der Waals surface area contributed by atoms with Crippen molar-refractivity contribution in [3.05, 3.63) is 0 Å². The standard InChI is InChI=1S/C5H12O4.C5H10O3/c6-1-5(2-7,3-8)4-9;1-5(2,3-6)4(7)8/h6-9H,1-4H2;6H,3H2,1-2H3,(H,7,8). The number of carboxylic acids is 1. The number of aliphatic carboxylic acids is 1. The molecule has 0 fully saturated rings. The highest BCUT2D eigenvalue weighted by molar-refractivity contribution is 5.73. The minimum atomic E-state index is -1.11. The summed E-state index contributed by atoms with van der Waals surface area (Å²) in [5.74, 6) is -0.972. The maximum Gasteiger partial charge on any atom is 0.311 e. The summed E-state index contributed by atoms with van der Waals surface area (Å²) < 4.78 is 0. The van der Waals surface area contributed by atoms with Crippen molar-refractivity contribution < 1.29 is 35.4 Å². The molecular weight excluding hydrogens is 232 g/mol. The van der Waals surface area contributed by atoms with Gasteiger partial charge in [0.15, 0.2) is 0 Å². The quantitative estimate of drug-likeness (QED) is 0.323. The van der Waals surface area contributed by atoms with Crippen LogP contribution in [0.2, 0.25) is 0 Å². The first-order valence-corrected chi connectivity index (χ1v) is 5.03. The van der Waals surface area contributed by atoms with Crippen LogP contribution in [0.25, 0.3) is 0 Å². The smallest absolute Gasteiger partial charge is 0.311 e. The second-order valence-corrected chi connectivity index (χ2v) is 4.48. The van der Waals surface area contributed by atoms with E-state index in [0.29, 0.717) is 0 Å². The van der Waals surface area contributed by atoms with Gasteiger partial charge in [-0.15, -0.1) is 0 Å². The molecule has 0 spiro atoms. The van der Waals surface area contributed by atoms with Crippen LogP contribution in [-0.2, 0) is 4.79 Å². The van der Waals surface area contributed by atoms with Crippen LogP contribution in [0.15, 0.2) is 0 Å². The Labute approximate surface area is 100.0 Å². The maximum absolute atomic E-state index is 10.1. The SMILES string of the molecule is CC(C)(CO)C(=O)O.OCC(CO)(CO)CO. The second kappa shape index (κ2) is 8.37. The van der Waals surface area contributed by atoms with Gasteiger partial charge in [-0.25, -0.2) is 0 Å². The number of carbonyl (C=O) groups is 1. The number of hydrogen-bond donors (Lipinski definition) is 6. The Morgan fingerprint density at radius 1 is 0.824 bits per heavy atom. The van der Waals surface area contributed by atoms with E-state index < -0.39 is 43.2 Å². The van der Waals surface area contributed by atoms with Crippen molar-refractivity contribution in [2.75, 3.05) is 33.0 Å². The average molecular weight is 254 g/mol. The first-order chi connectivity index (χ1) is 7.75. The van der Waals surface area contributed by atoms with Gasteiger partial charge in [0.25, 0.3) is 0 Å². The largest absolute Gasteiger partial charge is 0.481 e. The molecule has 0 aliphatic heterocycles. The van der Waals surface area contributed by atoms with Crippen LogP contribution >= 0.6 is 0 Å². The third-order valence-electron chi connectivity index (χ3n) is 2.32. The summed E-state index contributed by atoms with van der Waals surface area (Å²) in [7, 11) is 0. The van der Waals surface area contributed by atoms with Crippen molar-refractivity contribution in [2.45, 2.75) is 13.8 Å². The summed E-state index contributed by atoms with van der Waals surface area (Å²) in [6.07, 6.45) is 0. The van der Waals surface area contributed by atoms with E-state index in [1.165, 1.54) is 13.8 Å². The summed E-state index contributed by atoms with van der Waals surface area (Å²) in [6.45, 7) is 0.993. The molecule has 0 rings (SSSR count). The normalized spacial score (nSPS) is 11.7. The molecular formula is C10H22O7. The monoisotopic (exact) mass is 254 g/mol. The van der Waals surface area contributed by atoms with Crippen molar-refractivity contribution in [3.8, 4) is 0 Å². The van der Waals surface area contributed by atoms with Crippen molar-refractivity contribution in [1.82, 2.24) is 0 Å². The zero-order chi connectivity index (χ0) is 14.1. The lowest BCUT2D eigenvalue weighted by Gasteiger charge is -2.23. The van der Waals surface area contributed by atoms with E-state index in [4.69, 9.17) is 30.6 Å². The Bertz CT molecular complexity index is 193. The van der Waals surface area contributed by atoms with Crippen LogP contribution in [-0.4, -0.2) is 69.6 Å². The van der Waals surface area contributed by atoms with Crippen molar-refractivity contribution in [1.29, 1.82) is 0 Å². The molecule has 7 nitrogen and oxygen atoms in total. The zero-order valence-corrected chi connectivity index (χ0v) is 10.1. The molecule has 0 amide bonds. The van der Waals surface area contributed by atoms with E-state index >= 15 is 0 Å². The third kappa shape index (κ3) is 6.54. The molecule has 0 aliphatic rings. The highest BCUT2D eigenvalue weighted by atomic mass is 16.4. The van der Waals surface area contributed by atoms with Gasteiger partial charge in [0.1, 0.15) is 0 Å². The minimum absolute atomic E-state index is 0.317. The Hall–Kier alpha value is -0.730. The van der Waals surface area contributed by atoms with Gasteiger partial charge in [-0.3, -0.25) is 4.79 Å². The predicted octanol–water partition coefficient (Wildman–Crippen LogP) is -1.97. The molecule has 0 aromatic heterocycles. The van der Waals surface area contributed by atoms with Gasteiger partial charge < -0.3 is 30.6 Å². The van der Waals surface area contributed by atoms with Gasteiger partial charge in [0.05, 0.1) is 43.9 Å². The van der Waals surface area contributed by atoms with Crippen molar-refractivity contribution >= 4 is 5.97 Å². The zero-order valence-electron chi connectivity index (χ0n) is 10.1. The lowest BCUT2D eigenvalue weighted by atomic mass is 9.93. The predicted molar refractivity (Wildman–Crippen MR) is 59.3 cm³/mol. The molecule has 0 atom stereocenters. The molecule has 0 aliphatic carbocycles. The van der Waals surface area contributed by atoms with E-state index in [-0.39, 0.29) is 6.61 Å². The summed E-state index contributed by atoms with van der Waals surface area (Å²) in [4.78, 5) is 10.1. The molecule has 0 bridgehead atoms. The van der Waals surface area contributed by atoms with Crippen LogP contribution < -0.4 is 0 Å². The summed E-state index contributed by atoms with van der Waals surface area (Å²) in [5, 5.41) is 50.7. The number of aliphatic hydroxyl groups is 5. The lowest BCUT2D eigenvalue weighted by Crippen LogP contribution is -2.37. The number of rotatable bonds is 6. The minimum Gasteiger partial charge on any atom is -0.481 e. The van der Waals surface area contributed by atoms with Crippen molar-refractivity contribution in [2.24, 2.45) is 10.8 Å². The second-order valence-electron chi connectivity index (χ2n) is 4.48. The van der Waals surface area contributed by atoms with E-state index in [0.717, 1.165) is 0 Å². The number of carboxylic acid groups (broad SMARTS) is 1. The third-order valence-corrected chi connectivity index (χ3v) is 2.32. The highest BCUT2D eigenvalue weighted by Crippen LogP contribution is 2.12. The number of aliphatic hydroxyl groups excluding tert-OH is 5. The van der Waals surface area contributed by atoms with Crippen LogP contribution in [0.5, 0.6) is 0 Å². The highest BCUT2D eigenvalue weighted by Gasteiger charge is 2.26. The maximum atomic E-state index is 10.1. The molecule has 7 heteroatoms. The Morgan fingerprint density at radius 3 is 1.12 bits per heavy atom. The van der Waals surface area contributed by atoms with Gasteiger partial charge in [0, 0.05) is 0 Å².